The lowest BCUT2D eigenvalue weighted by Gasteiger charge is -2.28. The van der Waals surface area contributed by atoms with Crippen molar-refractivity contribution in [1.82, 2.24) is 5.32 Å². The molecule has 0 radical (unpaired) electrons. The van der Waals surface area contributed by atoms with Crippen LogP contribution >= 0.6 is 11.3 Å². The molecule has 0 spiro atoms. The van der Waals surface area contributed by atoms with Crippen LogP contribution in [0.1, 0.15) is 31.2 Å². The van der Waals surface area contributed by atoms with Gasteiger partial charge in [0, 0.05) is 6.54 Å². The van der Waals surface area contributed by atoms with E-state index in [1.54, 1.807) is 11.3 Å². The fraction of sp³-hybridized carbons (Fsp3) is 0.583. The van der Waals surface area contributed by atoms with Gasteiger partial charge in [0.05, 0.1) is 12.0 Å². The third-order valence-electron chi connectivity index (χ3n) is 3.30. The minimum absolute atomic E-state index is 0.103. The van der Waals surface area contributed by atoms with Gasteiger partial charge in [-0.3, -0.25) is 4.79 Å². The molecule has 4 heteroatoms. The van der Waals surface area contributed by atoms with Gasteiger partial charge < -0.3 is 11.1 Å². The fourth-order valence-corrected chi connectivity index (χ4v) is 3.02. The Labute approximate surface area is 100 Å². The van der Waals surface area contributed by atoms with Gasteiger partial charge in [-0.2, -0.15) is 11.3 Å². The Morgan fingerprint density at radius 3 is 2.81 bits per heavy atom. The molecule has 1 aromatic heterocycles. The topological polar surface area (TPSA) is 55.1 Å². The molecule has 16 heavy (non-hydrogen) atoms. The molecule has 3 N–H and O–H groups in total. The molecule has 1 saturated carbocycles. The number of thiophene rings is 1. The van der Waals surface area contributed by atoms with Crippen LogP contribution in [0.3, 0.4) is 0 Å². The Bertz CT molecular complexity index is 342. The molecule has 1 amide bonds. The van der Waals surface area contributed by atoms with Crippen molar-refractivity contribution >= 4 is 17.2 Å². The Balaban J connectivity index is 1.91. The van der Waals surface area contributed by atoms with Gasteiger partial charge in [-0.25, -0.2) is 0 Å². The summed E-state index contributed by atoms with van der Waals surface area (Å²) in [5.74, 6) is 0.103. The van der Waals surface area contributed by atoms with Crippen LogP contribution in [0, 0.1) is 0 Å². The zero-order chi connectivity index (χ0) is 11.4. The molecular formula is C12H18N2OS. The van der Waals surface area contributed by atoms with Gasteiger partial charge in [0.25, 0.3) is 0 Å². The maximum absolute atomic E-state index is 11.9. The third-order valence-corrected chi connectivity index (χ3v) is 4.03. The van der Waals surface area contributed by atoms with Crippen molar-refractivity contribution in [3.05, 3.63) is 22.4 Å². The molecule has 0 aliphatic heterocycles. The van der Waals surface area contributed by atoms with E-state index in [0.717, 1.165) is 18.4 Å². The number of rotatable bonds is 4. The summed E-state index contributed by atoms with van der Waals surface area (Å²) in [6.07, 6.45) is 4.88. The lowest BCUT2D eigenvalue weighted by molar-refractivity contribution is -0.122. The molecule has 2 rings (SSSR count). The van der Waals surface area contributed by atoms with E-state index in [0.29, 0.717) is 13.0 Å². The molecule has 0 saturated heterocycles. The second kappa shape index (κ2) is 4.97. The highest BCUT2D eigenvalue weighted by Gasteiger charge is 2.33. The maximum atomic E-state index is 11.9. The molecule has 1 heterocycles. The average molecular weight is 238 g/mol. The van der Waals surface area contributed by atoms with Gasteiger partial charge >= 0.3 is 0 Å². The van der Waals surface area contributed by atoms with Gasteiger partial charge in [0.1, 0.15) is 0 Å². The summed E-state index contributed by atoms with van der Waals surface area (Å²) in [5.41, 5.74) is 6.75. The molecular weight excluding hydrogens is 220 g/mol. The first-order valence-corrected chi connectivity index (χ1v) is 6.71. The van der Waals surface area contributed by atoms with E-state index in [2.05, 4.69) is 5.32 Å². The summed E-state index contributed by atoms with van der Waals surface area (Å²) >= 11 is 1.62. The van der Waals surface area contributed by atoms with E-state index < -0.39 is 0 Å². The highest BCUT2D eigenvalue weighted by molar-refractivity contribution is 7.07. The molecule has 1 aliphatic carbocycles. The maximum Gasteiger partial charge on any atom is 0.224 e. The standard InChI is InChI=1S/C12H18N2OS/c13-9-12(4-1-2-5-12)14-11(15)7-10-3-6-16-8-10/h3,6,8H,1-2,4-5,7,9,13H2,(H,14,15). The summed E-state index contributed by atoms with van der Waals surface area (Å²) in [6.45, 7) is 0.558. The first kappa shape index (κ1) is 11.6. The van der Waals surface area contributed by atoms with Crippen molar-refractivity contribution in [3.63, 3.8) is 0 Å². The molecule has 0 unspecified atom stereocenters. The number of carbonyl (C=O) groups is 1. The van der Waals surface area contributed by atoms with E-state index >= 15 is 0 Å². The Morgan fingerprint density at radius 1 is 1.50 bits per heavy atom. The molecule has 3 nitrogen and oxygen atoms in total. The summed E-state index contributed by atoms with van der Waals surface area (Å²) in [6, 6.07) is 1.99. The van der Waals surface area contributed by atoms with Crippen molar-refractivity contribution in [2.45, 2.75) is 37.6 Å². The number of nitrogens with two attached hydrogens (primary N) is 1. The van der Waals surface area contributed by atoms with Crippen LogP contribution in [-0.4, -0.2) is 18.0 Å². The van der Waals surface area contributed by atoms with E-state index in [9.17, 15) is 4.79 Å². The zero-order valence-electron chi connectivity index (χ0n) is 9.37. The second-order valence-electron chi connectivity index (χ2n) is 4.55. The van der Waals surface area contributed by atoms with Gasteiger partial charge in [-0.1, -0.05) is 12.8 Å². The Morgan fingerprint density at radius 2 is 2.25 bits per heavy atom. The van der Waals surface area contributed by atoms with E-state index in [4.69, 9.17) is 5.73 Å². The third kappa shape index (κ3) is 2.62. The van der Waals surface area contributed by atoms with E-state index in [-0.39, 0.29) is 11.4 Å². The first-order valence-electron chi connectivity index (χ1n) is 5.76. The quantitative estimate of drug-likeness (QED) is 0.838. The fourth-order valence-electron chi connectivity index (χ4n) is 2.35. The predicted octanol–water partition coefficient (Wildman–Crippen LogP) is 1.68. The van der Waals surface area contributed by atoms with E-state index in [1.165, 1.54) is 12.8 Å². The van der Waals surface area contributed by atoms with Crippen molar-refractivity contribution in [3.8, 4) is 0 Å². The molecule has 1 fully saturated rings. The normalized spacial score (nSPS) is 18.6. The van der Waals surface area contributed by atoms with Crippen LogP contribution in [0.2, 0.25) is 0 Å². The number of hydrogen-bond acceptors (Lipinski definition) is 3. The Hall–Kier alpha value is -0.870. The van der Waals surface area contributed by atoms with E-state index in [1.807, 2.05) is 16.8 Å². The number of nitrogens with one attached hydrogen (secondary N) is 1. The van der Waals surface area contributed by atoms with Crippen molar-refractivity contribution in [2.24, 2.45) is 5.73 Å². The molecule has 1 aliphatic rings. The zero-order valence-corrected chi connectivity index (χ0v) is 10.2. The smallest absolute Gasteiger partial charge is 0.224 e. The van der Waals surface area contributed by atoms with Crippen LogP contribution in [0.25, 0.3) is 0 Å². The van der Waals surface area contributed by atoms with Crippen LogP contribution < -0.4 is 11.1 Å². The second-order valence-corrected chi connectivity index (χ2v) is 5.33. The summed E-state index contributed by atoms with van der Waals surface area (Å²) in [5, 5.41) is 7.14. The van der Waals surface area contributed by atoms with Crippen LogP contribution in [0.5, 0.6) is 0 Å². The molecule has 0 aromatic carbocycles. The Kier molecular flexibility index (Phi) is 3.61. The number of carbonyl (C=O) groups excluding carboxylic acids is 1. The molecule has 1 aromatic rings. The lowest BCUT2D eigenvalue weighted by atomic mass is 9.97. The van der Waals surface area contributed by atoms with Gasteiger partial charge in [0.15, 0.2) is 0 Å². The molecule has 88 valence electrons. The van der Waals surface area contributed by atoms with Crippen molar-refractivity contribution in [1.29, 1.82) is 0 Å². The summed E-state index contributed by atoms with van der Waals surface area (Å²) in [7, 11) is 0. The SMILES string of the molecule is NCC1(NC(=O)Cc2ccsc2)CCCC1. The van der Waals surface area contributed by atoms with Crippen LogP contribution in [0.4, 0.5) is 0 Å². The van der Waals surface area contributed by atoms with Gasteiger partial charge in [0.2, 0.25) is 5.91 Å². The average Bonchev–Trinajstić information content (AvgIpc) is 2.90. The lowest BCUT2D eigenvalue weighted by Crippen LogP contribution is -2.52. The highest BCUT2D eigenvalue weighted by atomic mass is 32.1. The van der Waals surface area contributed by atoms with Crippen LogP contribution in [0.15, 0.2) is 16.8 Å². The van der Waals surface area contributed by atoms with Gasteiger partial charge in [-0.15, -0.1) is 0 Å². The van der Waals surface area contributed by atoms with Crippen LogP contribution in [-0.2, 0) is 11.2 Å². The largest absolute Gasteiger partial charge is 0.349 e. The van der Waals surface area contributed by atoms with Crippen molar-refractivity contribution in [2.75, 3.05) is 6.54 Å². The number of hydrogen-bond donors (Lipinski definition) is 2. The molecule has 0 atom stereocenters. The monoisotopic (exact) mass is 238 g/mol. The first-order chi connectivity index (χ1) is 7.74. The predicted molar refractivity (Wildman–Crippen MR) is 66.4 cm³/mol. The summed E-state index contributed by atoms with van der Waals surface area (Å²) < 4.78 is 0. The summed E-state index contributed by atoms with van der Waals surface area (Å²) in [4.78, 5) is 11.9. The molecule has 0 bridgehead atoms. The minimum Gasteiger partial charge on any atom is -0.349 e. The number of amides is 1. The minimum atomic E-state index is -0.118. The van der Waals surface area contributed by atoms with Crippen molar-refractivity contribution < 1.29 is 4.79 Å². The van der Waals surface area contributed by atoms with Gasteiger partial charge in [-0.05, 0) is 35.2 Å². The highest BCUT2D eigenvalue weighted by Crippen LogP contribution is 2.28.